The van der Waals surface area contributed by atoms with Gasteiger partial charge in [-0.2, -0.15) is 5.10 Å². The number of aliphatic hydroxyl groups is 1. The van der Waals surface area contributed by atoms with Crippen LogP contribution in [0.3, 0.4) is 0 Å². The molecule has 0 aliphatic heterocycles. The summed E-state index contributed by atoms with van der Waals surface area (Å²) in [7, 11) is 0. The van der Waals surface area contributed by atoms with Crippen molar-refractivity contribution in [3.05, 3.63) is 47.2 Å². The number of carbonyl (C=O) groups is 4. The maximum Gasteiger partial charge on any atom is 0.269 e. The van der Waals surface area contributed by atoms with E-state index >= 15 is 0 Å². The molecule has 3 aromatic rings. The van der Waals surface area contributed by atoms with Crippen molar-refractivity contribution < 1.29 is 24.3 Å². The van der Waals surface area contributed by atoms with Gasteiger partial charge >= 0.3 is 0 Å². The highest BCUT2D eigenvalue weighted by molar-refractivity contribution is 6.29. The molecule has 4 amide bonds. The van der Waals surface area contributed by atoms with Crippen molar-refractivity contribution in [1.29, 1.82) is 0 Å². The lowest BCUT2D eigenvalue weighted by molar-refractivity contribution is -0.135. The zero-order chi connectivity index (χ0) is 26.7. The zero-order valence-electron chi connectivity index (χ0n) is 19.6. The van der Waals surface area contributed by atoms with Crippen LogP contribution in [0.4, 0.5) is 11.5 Å². The van der Waals surface area contributed by atoms with E-state index in [0.717, 1.165) is 12.8 Å². The third kappa shape index (κ3) is 6.20. The number of hydrogen-bond donors (Lipinski definition) is 5. The molecule has 37 heavy (non-hydrogen) atoms. The van der Waals surface area contributed by atoms with Crippen LogP contribution in [0, 0.1) is 0 Å². The van der Waals surface area contributed by atoms with Crippen molar-refractivity contribution >= 4 is 57.6 Å². The number of benzene rings is 1. The van der Waals surface area contributed by atoms with E-state index in [1.54, 1.807) is 30.3 Å². The molecule has 0 radical (unpaired) electrons. The molecule has 13 nitrogen and oxygen atoms in total. The molecule has 194 valence electrons. The van der Waals surface area contributed by atoms with E-state index in [4.69, 9.17) is 28.2 Å². The van der Waals surface area contributed by atoms with Gasteiger partial charge in [-0.05, 0) is 43.2 Å². The lowest BCUT2D eigenvalue weighted by Gasteiger charge is -2.22. The van der Waals surface area contributed by atoms with Gasteiger partial charge in [-0.15, -0.1) is 0 Å². The number of anilines is 2. The quantitative estimate of drug-likeness (QED) is 0.227. The van der Waals surface area contributed by atoms with Gasteiger partial charge < -0.3 is 32.1 Å². The van der Waals surface area contributed by atoms with Crippen molar-refractivity contribution in [3.8, 4) is 0 Å². The lowest BCUT2D eigenvalue weighted by Crippen LogP contribution is -2.41. The second-order valence-electron chi connectivity index (χ2n) is 8.53. The van der Waals surface area contributed by atoms with E-state index in [0.29, 0.717) is 16.6 Å². The first kappa shape index (κ1) is 26.0. The molecule has 2 aromatic heterocycles. The Balaban J connectivity index is 1.53. The number of hydrogen-bond acceptors (Lipinski definition) is 8. The zero-order valence-corrected chi connectivity index (χ0v) is 20.3. The molecule has 0 saturated heterocycles. The molecule has 2 heterocycles. The van der Waals surface area contributed by atoms with Gasteiger partial charge in [0.15, 0.2) is 5.69 Å². The molecular formula is C23H25ClN8O5. The van der Waals surface area contributed by atoms with Gasteiger partial charge in [-0.25, -0.2) is 4.98 Å². The standard InChI is InChI=1S/C23H25ClN8O5/c24-17-2-1-3-18(28-17)29-19(34)9-31(13-5-6-13)20(35)10-32-16-7-4-12(27-23(37)15(25)11-33)8-14(16)21(30-32)22(26)36/h1-4,7-8,13,15,33H,5-6,9-11,25H2,(H2,26,36)(H,27,37)(H,28,29,34). The van der Waals surface area contributed by atoms with Crippen LogP contribution in [0.2, 0.25) is 5.15 Å². The van der Waals surface area contributed by atoms with Crippen molar-refractivity contribution in [2.45, 2.75) is 31.5 Å². The molecule has 1 aliphatic carbocycles. The number of nitrogens with zero attached hydrogens (tertiary/aromatic N) is 4. The van der Waals surface area contributed by atoms with Crippen LogP contribution in [0.15, 0.2) is 36.4 Å². The Hall–Kier alpha value is -4.07. The lowest BCUT2D eigenvalue weighted by atomic mass is 10.1. The van der Waals surface area contributed by atoms with Gasteiger partial charge in [0.05, 0.1) is 12.1 Å². The number of aromatic nitrogens is 3. The Morgan fingerprint density at radius 1 is 1.19 bits per heavy atom. The third-order valence-corrected chi connectivity index (χ3v) is 5.88. The Morgan fingerprint density at radius 2 is 1.95 bits per heavy atom. The summed E-state index contributed by atoms with van der Waals surface area (Å²) < 4.78 is 1.33. The number of carbonyl (C=O) groups excluding carboxylic acids is 4. The summed E-state index contributed by atoms with van der Waals surface area (Å²) in [6.45, 7) is -0.975. The summed E-state index contributed by atoms with van der Waals surface area (Å²) in [6, 6.07) is 8.20. The van der Waals surface area contributed by atoms with Crippen molar-refractivity contribution in [2.24, 2.45) is 11.5 Å². The van der Waals surface area contributed by atoms with Gasteiger partial charge in [-0.3, -0.25) is 23.9 Å². The first-order chi connectivity index (χ1) is 17.7. The minimum Gasteiger partial charge on any atom is -0.394 e. The predicted molar refractivity (Wildman–Crippen MR) is 135 cm³/mol. The number of nitrogens with two attached hydrogens (primary N) is 2. The molecule has 0 bridgehead atoms. The number of primary amides is 1. The highest BCUT2D eigenvalue weighted by atomic mass is 35.5. The third-order valence-electron chi connectivity index (χ3n) is 5.67. The van der Waals surface area contributed by atoms with E-state index in [2.05, 4.69) is 20.7 Å². The highest BCUT2D eigenvalue weighted by Crippen LogP contribution is 2.28. The summed E-state index contributed by atoms with van der Waals surface area (Å²) in [5, 5.41) is 19.0. The first-order valence-electron chi connectivity index (χ1n) is 11.4. The number of aliphatic hydroxyl groups excluding tert-OH is 1. The second kappa shape index (κ2) is 10.9. The Morgan fingerprint density at radius 3 is 2.59 bits per heavy atom. The van der Waals surface area contributed by atoms with Crippen LogP contribution >= 0.6 is 11.6 Å². The van der Waals surface area contributed by atoms with Crippen molar-refractivity contribution in [3.63, 3.8) is 0 Å². The van der Waals surface area contributed by atoms with Crippen LogP contribution in [-0.2, 0) is 20.9 Å². The Bertz CT molecular complexity index is 1370. The van der Waals surface area contributed by atoms with Gasteiger partial charge in [0.25, 0.3) is 5.91 Å². The summed E-state index contributed by atoms with van der Waals surface area (Å²) in [4.78, 5) is 55.3. The molecule has 1 aliphatic rings. The molecule has 1 fully saturated rings. The molecule has 1 saturated carbocycles. The minimum absolute atomic E-state index is 0.0828. The molecule has 14 heteroatoms. The van der Waals surface area contributed by atoms with E-state index in [-0.39, 0.29) is 41.7 Å². The summed E-state index contributed by atoms with van der Waals surface area (Å²) in [6.07, 6.45) is 1.53. The highest BCUT2D eigenvalue weighted by Gasteiger charge is 2.34. The average molecular weight is 529 g/mol. The fraction of sp³-hybridized carbons (Fsp3) is 0.304. The van der Waals surface area contributed by atoms with E-state index < -0.39 is 30.4 Å². The van der Waals surface area contributed by atoms with Gasteiger partial charge in [-0.1, -0.05) is 17.7 Å². The monoisotopic (exact) mass is 528 g/mol. The predicted octanol–water partition coefficient (Wildman–Crippen LogP) is 0.0714. The van der Waals surface area contributed by atoms with Crippen LogP contribution < -0.4 is 22.1 Å². The van der Waals surface area contributed by atoms with Crippen molar-refractivity contribution in [2.75, 3.05) is 23.8 Å². The Labute approximate surface area is 215 Å². The number of nitrogens with one attached hydrogen (secondary N) is 2. The van der Waals surface area contributed by atoms with Gasteiger partial charge in [0, 0.05) is 17.1 Å². The first-order valence-corrected chi connectivity index (χ1v) is 11.7. The van der Waals surface area contributed by atoms with E-state index in [9.17, 15) is 19.2 Å². The maximum absolute atomic E-state index is 13.2. The fourth-order valence-electron chi connectivity index (χ4n) is 3.72. The van der Waals surface area contributed by atoms with Gasteiger partial charge in [0.2, 0.25) is 17.7 Å². The molecular weight excluding hydrogens is 504 g/mol. The fourth-order valence-corrected chi connectivity index (χ4v) is 3.88. The molecule has 0 spiro atoms. The molecule has 4 rings (SSSR count). The summed E-state index contributed by atoms with van der Waals surface area (Å²) in [5.41, 5.74) is 11.7. The normalized spacial score (nSPS) is 13.7. The summed E-state index contributed by atoms with van der Waals surface area (Å²) >= 11 is 5.86. The molecule has 1 atom stereocenters. The molecule has 1 aromatic carbocycles. The smallest absolute Gasteiger partial charge is 0.269 e. The van der Waals surface area contributed by atoms with Crippen LogP contribution in [0.25, 0.3) is 10.9 Å². The molecule has 7 N–H and O–H groups in total. The maximum atomic E-state index is 13.2. The largest absolute Gasteiger partial charge is 0.394 e. The molecule has 1 unspecified atom stereocenters. The van der Waals surface area contributed by atoms with Crippen LogP contribution in [0.5, 0.6) is 0 Å². The average Bonchev–Trinajstić information content (AvgIpc) is 3.63. The number of rotatable bonds is 10. The van der Waals surface area contributed by atoms with Crippen molar-refractivity contribution in [1.82, 2.24) is 19.7 Å². The number of pyridine rings is 1. The van der Waals surface area contributed by atoms with Crippen LogP contribution in [-0.4, -0.2) is 73.6 Å². The van der Waals surface area contributed by atoms with E-state index in [1.165, 1.54) is 15.6 Å². The van der Waals surface area contributed by atoms with Crippen LogP contribution in [0.1, 0.15) is 23.3 Å². The SMILES string of the molecule is NC(=O)c1nn(CC(=O)N(CC(=O)Nc2cccc(Cl)n2)C2CC2)c2ccc(NC(=O)C(N)CO)cc12. The van der Waals surface area contributed by atoms with Gasteiger partial charge in [0.1, 0.15) is 30.1 Å². The topological polar surface area (TPSA) is 199 Å². The Kier molecular flexibility index (Phi) is 7.66. The second-order valence-corrected chi connectivity index (χ2v) is 8.91. The summed E-state index contributed by atoms with van der Waals surface area (Å²) in [5.74, 6) is -1.97. The number of halogens is 1. The number of amides is 4. The number of fused-ring (bicyclic) bond motifs is 1. The minimum atomic E-state index is -1.12. The van der Waals surface area contributed by atoms with E-state index in [1.807, 2.05) is 0 Å².